The third-order valence-electron chi connectivity index (χ3n) is 1.93. The molecule has 1 heterocycles. The second-order valence-electron chi connectivity index (χ2n) is 3.31. The number of aromatic carboxylic acids is 1. The van der Waals surface area contributed by atoms with E-state index in [0.29, 0.717) is 11.3 Å². The lowest BCUT2D eigenvalue weighted by Gasteiger charge is -2.13. The van der Waals surface area contributed by atoms with Gasteiger partial charge in [0.25, 0.3) is 0 Å². The van der Waals surface area contributed by atoms with Crippen LogP contribution in [0.4, 0.5) is 22.6 Å². The van der Waals surface area contributed by atoms with Crippen LogP contribution in [0.3, 0.4) is 0 Å². The van der Waals surface area contributed by atoms with Crippen LogP contribution in [0.25, 0.3) is 0 Å². The first-order chi connectivity index (χ1) is 8.16. The molecule has 0 aliphatic carbocycles. The van der Waals surface area contributed by atoms with E-state index in [1.54, 1.807) is 5.32 Å². The Kier molecular flexibility index (Phi) is 3.95. The summed E-state index contributed by atoms with van der Waals surface area (Å²) in [5.41, 5.74) is 0.239. The van der Waals surface area contributed by atoms with Crippen molar-refractivity contribution in [2.24, 2.45) is 0 Å². The second-order valence-corrected chi connectivity index (χ2v) is 4.36. The number of carbonyl (C=O) groups is 2. The molecule has 18 heavy (non-hydrogen) atoms. The zero-order chi connectivity index (χ0) is 14.1. The number of hydrogen-bond acceptors (Lipinski definition) is 3. The number of alkyl halides is 4. The summed E-state index contributed by atoms with van der Waals surface area (Å²) in [6.45, 7) is 1.39. The van der Waals surface area contributed by atoms with Crippen LogP contribution in [-0.4, -0.2) is 29.3 Å². The zero-order valence-corrected chi connectivity index (χ0v) is 9.66. The van der Waals surface area contributed by atoms with Crippen molar-refractivity contribution >= 4 is 28.2 Å². The highest BCUT2D eigenvalue weighted by atomic mass is 32.1. The third-order valence-corrected chi connectivity index (χ3v) is 3.07. The topological polar surface area (TPSA) is 66.4 Å². The van der Waals surface area contributed by atoms with Crippen LogP contribution in [0.5, 0.6) is 0 Å². The molecule has 2 N–H and O–H groups in total. The van der Waals surface area contributed by atoms with E-state index in [9.17, 15) is 27.2 Å². The lowest BCUT2D eigenvalue weighted by molar-refractivity contribution is -0.163. The Morgan fingerprint density at radius 2 is 2.00 bits per heavy atom. The standard InChI is InChI=1S/C9H7F4NO3S/c1-3-2-4(18-5(3)6(15)16)14-8(17)9(12,13)7(10)11/h2,7H,1H3,(H,14,17)(H,15,16). The highest BCUT2D eigenvalue weighted by Gasteiger charge is 2.49. The SMILES string of the molecule is Cc1cc(NC(=O)C(F)(F)C(F)F)sc1C(=O)O. The number of carboxylic acids is 1. The van der Waals surface area contributed by atoms with Crippen LogP contribution in [0.2, 0.25) is 0 Å². The molecule has 1 amide bonds. The molecule has 9 heteroatoms. The molecule has 0 unspecified atom stereocenters. The van der Waals surface area contributed by atoms with Crippen molar-refractivity contribution in [3.8, 4) is 0 Å². The third kappa shape index (κ3) is 2.78. The van der Waals surface area contributed by atoms with Gasteiger partial charge in [-0.3, -0.25) is 4.79 Å². The fourth-order valence-corrected chi connectivity index (χ4v) is 1.96. The van der Waals surface area contributed by atoms with Crippen LogP contribution in [-0.2, 0) is 4.79 Å². The first-order valence-electron chi connectivity index (χ1n) is 4.47. The van der Waals surface area contributed by atoms with Gasteiger partial charge in [0, 0.05) is 0 Å². The van der Waals surface area contributed by atoms with Crippen LogP contribution < -0.4 is 5.32 Å². The maximum atomic E-state index is 12.6. The lowest BCUT2D eigenvalue weighted by Crippen LogP contribution is -2.40. The van der Waals surface area contributed by atoms with Gasteiger partial charge in [-0.25, -0.2) is 13.6 Å². The summed E-state index contributed by atoms with van der Waals surface area (Å²) in [5.74, 6) is -8.28. The number of aryl methyl sites for hydroxylation is 1. The lowest BCUT2D eigenvalue weighted by atomic mass is 10.3. The Morgan fingerprint density at radius 1 is 1.44 bits per heavy atom. The molecule has 100 valence electrons. The van der Waals surface area contributed by atoms with Crippen LogP contribution in [0.15, 0.2) is 6.07 Å². The maximum absolute atomic E-state index is 12.6. The first kappa shape index (κ1) is 14.4. The van der Waals surface area contributed by atoms with Crippen LogP contribution in [0, 0.1) is 6.92 Å². The monoisotopic (exact) mass is 285 g/mol. The van der Waals surface area contributed by atoms with E-state index in [1.807, 2.05) is 0 Å². The van der Waals surface area contributed by atoms with Gasteiger partial charge in [0.15, 0.2) is 0 Å². The smallest absolute Gasteiger partial charge is 0.383 e. The molecule has 0 aliphatic heterocycles. The van der Waals surface area contributed by atoms with Gasteiger partial charge < -0.3 is 10.4 Å². The molecule has 0 saturated carbocycles. The number of hydrogen-bond donors (Lipinski definition) is 2. The Bertz CT molecular complexity index is 486. The number of carboxylic acid groups (broad SMARTS) is 1. The average Bonchev–Trinajstić information content (AvgIpc) is 2.59. The van der Waals surface area contributed by atoms with Gasteiger partial charge >= 0.3 is 24.2 Å². The summed E-state index contributed by atoms with van der Waals surface area (Å²) >= 11 is 0.514. The molecule has 0 fully saturated rings. The minimum Gasteiger partial charge on any atom is -0.477 e. The van der Waals surface area contributed by atoms with Crippen molar-refractivity contribution in [3.63, 3.8) is 0 Å². The van der Waals surface area contributed by atoms with Crippen LogP contribution >= 0.6 is 11.3 Å². The summed E-state index contributed by atoms with van der Waals surface area (Å²) in [6.07, 6.45) is -4.13. The highest BCUT2D eigenvalue weighted by molar-refractivity contribution is 7.18. The van der Waals surface area contributed by atoms with E-state index < -0.39 is 24.2 Å². The predicted octanol–water partition coefficient (Wildman–Crippen LogP) is 2.59. The van der Waals surface area contributed by atoms with Gasteiger partial charge in [0.1, 0.15) is 4.88 Å². The van der Waals surface area contributed by atoms with Gasteiger partial charge in [-0.1, -0.05) is 0 Å². The van der Waals surface area contributed by atoms with E-state index >= 15 is 0 Å². The fraction of sp³-hybridized carbons (Fsp3) is 0.333. The van der Waals surface area contributed by atoms with Crippen molar-refractivity contribution in [1.29, 1.82) is 0 Å². The van der Waals surface area contributed by atoms with Crippen molar-refractivity contribution in [3.05, 3.63) is 16.5 Å². The summed E-state index contributed by atoms with van der Waals surface area (Å²) in [5, 5.41) is 10.0. The molecule has 0 aromatic carbocycles. The number of anilines is 1. The minimum atomic E-state index is -4.82. The molecule has 1 aromatic heterocycles. The van der Waals surface area contributed by atoms with Crippen LogP contribution in [0.1, 0.15) is 15.2 Å². The fourth-order valence-electron chi connectivity index (χ4n) is 1.05. The van der Waals surface area contributed by atoms with Crippen molar-refractivity contribution in [1.82, 2.24) is 0 Å². The van der Waals surface area contributed by atoms with E-state index in [1.165, 1.54) is 6.92 Å². The molecular formula is C9H7F4NO3S. The summed E-state index contributed by atoms with van der Waals surface area (Å²) in [6, 6.07) is 1.12. The zero-order valence-electron chi connectivity index (χ0n) is 8.84. The first-order valence-corrected chi connectivity index (χ1v) is 5.29. The van der Waals surface area contributed by atoms with Crippen molar-refractivity contribution in [2.45, 2.75) is 19.3 Å². The van der Waals surface area contributed by atoms with Crippen molar-refractivity contribution < 1.29 is 32.3 Å². The second kappa shape index (κ2) is 4.92. The van der Waals surface area contributed by atoms with E-state index in [2.05, 4.69) is 0 Å². The van der Waals surface area contributed by atoms with Gasteiger partial charge in [-0.2, -0.15) is 8.78 Å². The number of carbonyl (C=O) groups excluding carboxylic acids is 1. The van der Waals surface area contributed by atoms with Gasteiger partial charge in [0.2, 0.25) is 0 Å². The van der Waals surface area contributed by atoms with E-state index in [0.717, 1.165) is 6.07 Å². The molecule has 0 aliphatic rings. The predicted molar refractivity (Wildman–Crippen MR) is 55.6 cm³/mol. The number of halogens is 4. The normalized spacial score (nSPS) is 11.7. The summed E-state index contributed by atoms with van der Waals surface area (Å²) < 4.78 is 49.0. The van der Waals surface area contributed by atoms with E-state index in [4.69, 9.17) is 5.11 Å². The number of amides is 1. The molecule has 0 atom stereocenters. The minimum absolute atomic E-state index is 0.161. The Balaban J connectivity index is 2.90. The number of rotatable bonds is 4. The highest BCUT2D eigenvalue weighted by Crippen LogP contribution is 2.29. The van der Waals surface area contributed by atoms with Gasteiger partial charge in [0.05, 0.1) is 5.00 Å². The Hall–Kier alpha value is -1.64. The summed E-state index contributed by atoms with van der Waals surface area (Å²) in [4.78, 5) is 21.4. The van der Waals surface area contributed by atoms with Crippen molar-refractivity contribution in [2.75, 3.05) is 5.32 Å². The maximum Gasteiger partial charge on any atom is 0.383 e. The number of nitrogens with one attached hydrogen (secondary N) is 1. The molecule has 0 saturated heterocycles. The molecule has 0 spiro atoms. The quantitative estimate of drug-likeness (QED) is 0.836. The summed E-state index contributed by atoms with van der Waals surface area (Å²) in [7, 11) is 0. The molecule has 0 bridgehead atoms. The molecule has 4 nitrogen and oxygen atoms in total. The van der Waals surface area contributed by atoms with Gasteiger partial charge in [-0.05, 0) is 18.6 Å². The van der Waals surface area contributed by atoms with Gasteiger partial charge in [-0.15, -0.1) is 11.3 Å². The molecular weight excluding hydrogens is 278 g/mol. The molecule has 1 aromatic rings. The van der Waals surface area contributed by atoms with E-state index in [-0.39, 0.29) is 15.4 Å². The molecule has 1 rings (SSSR count). The number of thiophene rings is 1. The Labute approximate surface area is 102 Å². The average molecular weight is 285 g/mol. The Morgan fingerprint density at radius 3 is 2.39 bits per heavy atom. The largest absolute Gasteiger partial charge is 0.477 e. The molecule has 0 radical (unpaired) electrons.